The molecule has 0 fully saturated rings. The van der Waals surface area contributed by atoms with Crippen LogP contribution in [-0.4, -0.2) is 12.4 Å². The van der Waals surface area contributed by atoms with Gasteiger partial charge in [0, 0.05) is 11.4 Å². The van der Waals surface area contributed by atoms with E-state index in [0.717, 1.165) is 5.56 Å². The standard InChI is InChI=1S/C17H15ClO2.C2H6/c1-2-16-17(13-8-10-14(18)11-9-13)15(19)7-5-3-4-6-12-20-16;1-2/h2-6,8-11H,1,7,12H2;1-2H3/b5-3-,6-4-,17-16-;. The van der Waals surface area contributed by atoms with Crippen molar-refractivity contribution < 1.29 is 9.53 Å². The number of carbonyl (C=O) groups is 1. The molecule has 0 N–H and O–H groups in total. The summed E-state index contributed by atoms with van der Waals surface area (Å²) in [7, 11) is 0. The fourth-order valence-corrected chi connectivity index (χ4v) is 2.04. The molecule has 22 heavy (non-hydrogen) atoms. The molecule has 1 aromatic carbocycles. The monoisotopic (exact) mass is 316 g/mol. The van der Waals surface area contributed by atoms with Gasteiger partial charge in [-0.15, -0.1) is 0 Å². The Balaban J connectivity index is 0.00000116. The molecule has 2 rings (SSSR count). The Kier molecular flexibility index (Phi) is 8.01. The highest BCUT2D eigenvalue weighted by molar-refractivity contribution is 6.30. The Hall–Kier alpha value is -2.06. The van der Waals surface area contributed by atoms with Crippen LogP contribution in [-0.2, 0) is 9.53 Å². The van der Waals surface area contributed by atoms with Gasteiger partial charge in [-0.25, -0.2) is 0 Å². The molecular formula is C19H21ClO2. The first-order chi connectivity index (χ1) is 10.7. The Morgan fingerprint density at radius 3 is 2.41 bits per heavy atom. The smallest absolute Gasteiger partial charge is 0.170 e. The van der Waals surface area contributed by atoms with Gasteiger partial charge in [-0.1, -0.05) is 62.4 Å². The zero-order valence-electron chi connectivity index (χ0n) is 13.0. The summed E-state index contributed by atoms with van der Waals surface area (Å²) in [6.07, 6.45) is 9.32. The molecule has 0 atom stereocenters. The van der Waals surface area contributed by atoms with Crippen LogP contribution >= 0.6 is 11.6 Å². The zero-order valence-corrected chi connectivity index (χ0v) is 13.8. The molecule has 0 amide bonds. The Labute approximate surface area is 137 Å². The molecule has 116 valence electrons. The van der Waals surface area contributed by atoms with Crippen LogP contribution in [0.25, 0.3) is 5.57 Å². The van der Waals surface area contributed by atoms with E-state index in [4.69, 9.17) is 16.3 Å². The highest BCUT2D eigenvalue weighted by Gasteiger charge is 2.16. The van der Waals surface area contributed by atoms with Gasteiger partial charge in [0.1, 0.15) is 12.4 Å². The van der Waals surface area contributed by atoms with E-state index >= 15 is 0 Å². The van der Waals surface area contributed by atoms with Gasteiger partial charge in [0.2, 0.25) is 0 Å². The topological polar surface area (TPSA) is 26.3 Å². The van der Waals surface area contributed by atoms with Gasteiger partial charge >= 0.3 is 0 Å². The van der Waals surface area contributed by atoms with Crippen LogP contribution in [0.3, 0.4) is 0 Å². The largest absolute Gasteiger partial charge is 0.489 e. The van der Waals surface area contributed by atoms with Crippen LogP contribution in [0.5, 0.6) is 0 Å². The first-order valence-electron chi connectivity index (χ1n) is 7.32. The van der Waals surface area contributed by atoms with Crippen LogP contribution in [0, 0.1) is 0 Å². The molecule has 0 saturated heterocycles. The Morgan fingerprint density at radius 2 is 1.77 bits per heavy atom. The van der Waals surface area contributed by atoms with E-state index in [0.29, 0.717) is 29.4 Å². The Morgan fingerprint density at radius 1 is 1.14 bits per heavy atom. The minimum atomic E-state index is -0.00577. The molecule has 0 aliphatic carbocycles. The minimum absolute atomic E-state index is 0.00577. The molecule has 1 aromatic rings. The first-order valence-corrected chi connectivity index (χ1v) is 7.70. The van der Waals surface area contributed by atoms with Crippen molar-refractivity contribution in [3.05, 3.63) is 77.6 Å². The molecule has 0 bridgehead atoms. The number of Topliss-reactive ketones (excluding diaryl/α,β-unsaturated/α-hetero) is 1. The molecule has 1 aliphatic heterocycles. The molecule has 0 aromatic heterocycles. The van der Waals surface area contributed by atoms with E-state index in [9.17, 15) is 4.79 Å². The second-order valence-electron chi connectivity index (χ2n) is 4.24. The number of hydrogen-bond donors (Lipinski definition) is 0. The predicted octanol–water partition coefficient (Wildman–Crippen LogP) is 5.37. The predicted molar refractivity (Wildman–Crippen MR) is 93.8 cm³/mol. The summed E-state index contributed by atoms with van der Waals surface area (Å²) >= 11 is 5.89. The SMILES string of the molecule is C=C/C1=C(\c2ccc(Cl)cc2)C(=O)C/C=C\C=C/CO1.CC. The third-order valence-electron chi connectivity index (χ3n) is 2.87. The fraction of sp³-hybridized carbons (Fsp3) is 0.211. The van der Waals surface area contributed by atoms with E-state index in [1.807, 2.05) is 50.3 Å². The van der Waals surface area contributed by atoms with Gasteiger partial charge in [0.15, 0.2) is 5.78 Å². The molecule has 0 spiro atoms. The number of ketones is 1. The quantitative estimate of drug-likeness (QED) is 0.733. The number of halogens is 1. The van der Waals surface area contributed by atoms with Gasteiger partial charge in [-0.05, 0) is 29.8 Å². The maximum Gasteiger partial charge on any atom is 0.170 e. The van der Waals surface area contributed by atoms with Crippen molar-refractivity contribution in [1.82, 2.24) is 0 Å². The van der Waals surface area contributed by atoms with Crippen molar-refractivity contribution >= 4 is 23.0 Å². The molecular weight excluding hydrogens is 296 g/mol. The van der Waals surface area contributed by atoms with Crippen molar-refractivity contribution in [3.8, 4) is 0 Å². The first kappa shape index (κ1) is 18.0. The zero-order chi connectivity index (χ0) is 16.4. The molecule has 2 nitrogen and oxygen atoms in total. The van der Waals surface area contributed by atoms with E-state index < -0.39 is 0 Å². The van der Waals surface area contributed by atoms with Crippen LogP contribution < -0.4 is 0 Å². The normalized spacial score (nSPS) is 21.0. The molecule has 3 heteroatoms. The molecule has 0 radical (unpaired) electrons. The summed E-state index contributed by atoms with van der Waals surface area (Å²) in [6.45, 7) is 8.13. The summed E-state index contributed by atoms with van der Waals surface area (Å²) in [5, 5.41) is 0.630. The summed E-state index contributed by atoms with van der Waals surface area (Å²) in [4.78, 5) is 12.4. The van der Waals surface area contributed by atoms with E-state index in [1.54, 1.807) is 18.2 Å². The lowest BCUT2D eigenvalue weighted by Crippen LogP contribution is -2.06. The summed E-state index contributed by atoms with van der Waals surface area (Å²) < 4.78 is 5.62. The summed E-state index contributed by atoms with van der Waals surface area (Å²) in [6, 6.07) is 7.14. The van der Waals surface area contributed by atoms with Gasteiger partial charge < -0.3 is 4.74 Å². The van der Waals surface area contributed by atoms with Crippen molar-refractivity contribution in [1.29, 1.82) is 0 Å². The van der Waals surface area contributed by atoms with Crippen molar-refractivity contribution in [2.45, 2.75) is 20.3 Å². The maximum atomic E-state index is 12.4. The number of allylic oxidation sites excluding steroid dienone is 5. The third-order valence-corrected chi connectivity index (χ3v) is 3.12. The highest BCUT2D eigenvalue weighted by atomic mass is 35.5. The average Bonchev–Trinajstić information content (AvgIpc) is 2.56. The van der Waals surface area contributed by atoms with Crippen LogP contribution in [0.4, 0.5) is 0 Å². The highest BCUT2D eigenvalue weighted by Crippen LogP contribution is 2.25. The number of benzene rings is 1. The van der Waals surface area contributed by atoms with E-state index in [1.165, 1.54) is 0 Å². The lowest BCUT2D eigenvalue weighted by molar-refractivity contribution is -0.113. The van der Waals surface area contributed by atoms with Gasteiger partial charge in [-0.3, -0.25) is 4.79 Å². The second kappa shape index (κ2) is 9.80. The van der Waals surface area contributed by atoms with Crippen LogP contribution in [0.15, 0.2) is 67.0 Å². The van der Waals surface area contributed by atoms with Gasteiger partial charge in [0.05, 0.1) is 5.57 Å². The maximum absolute atomic E-state index is 12.4. The van der Waals surface area contributed by atoms with Crippen molar-refractivity contribution in [2.24, 2.45) is 0 Å². The fourth-order valence-electron chi connectivity index (χ4n) is 1.92. The van der Waals surface area contributed by atoms with Crippen molar-refractivity contribution in [2.75, 3.05) is 6.61 Å². The third kappa shape index (κ3) is 5.05. The summed E-state index contributed by atoms with van der Waals surface area (Å²) in [5.41, 5.74) is 1.32. The number of rotatable bonds is 2. The Bertz CT molecular complexity index is 592. The lowest BCUT2D eigenvalue weighted by Gasteiger charge is -2.13. The number of carbonyl (C=O) groups excluding carboxylic acids is 1. The molecule has 1 heterocycles. The summed E-state index contributed by atoms with van der Waals surface area (Å²) in [5.74, 6) is 0.492. The van der Waals surface area contributed by atoms with Crippen LogP contribution in [0.2, 0.25) is 5.02 Å². The average molecular weight is 317 g/mol. The van der Waals surface area contributed by atoms with E-state index in [2.05, 4.69) is 6.58 Å². The minimum Gasteiger partial charge on any atom is -0.489 e. The number of hydrogen-bond acceptors (Lipinski definition) is 2. The number of ether oxygens (including phenoxy) is 1. The van der Waals surface area contributed by atoms with E-state index in [-0.39, 0.29) is 5.78 Å². The molecule has 0 saturated carbocycles. The molecule has 0 unspecified atom stereocenters. The van der Waals surface area contributed by atoms with Crippen LogP contribution in [0.1, 0.15) is 25.8 Å². The van der Waals surface area contributed by atoms with Gasteiger partial charge in [-0.2, -0.15) is 0 Å². The van der Waals surface area contributed by atoms with Crippen molar-refractivity contribution in [3.63, 3.8) is 0 Å². The van der Waals surface area contributed by atoms with Gasteiger partial charge in [0.25, 0.3) is 0 Å². The molecule has 1 aliphatic rings. The second-order valence-corrected chi connectivity index (χ2v) is 4.68. The lowest BCUT2D eigenvalue weighted by atomic mass is 9.98.